The van der Waals surface area contributed by atoms with Gasteiger partial charge in [-0.1, -0.05) is 30.3 Å². The molecule has 8 nitrogen and oxygen atoms in total. The highest BCUT2D eigenvalue weighted by atomic mass is 16.3. The molecule has 1 fully saturated rings. The second-order valence-corrected chi connectivity index (χ2v) is 6.74. The predicted molar refractivity (Wildman–Crippen MR) is 97.0 cm³/mol. The molecule has 8 heteroatoms. The molecule has 4 rings (SSSR count). The number of anilines is 1. The maximum atomic E-state index is 10.5. The number of rotatable bonds is 5. The first kappa shape index (κ1) is 16.9. The molecule has 26 heavy (non-hydrogen) atoms. The third-order valence-electron chi connectivity index (χ3n) is 5.06. The molecular weight excluding hydrogens is 332 g/mol. The number of nitrogen functional groups attached to an aromatic ring is 1. The van der Waals surface area contributed by atoms with Crippen molar-refractivity contribution in [2.24, 2.45) is 5.92 Å². The monoisotopic (exact) mass is 354 g/mol. The van der Waals surface area contributed by atoms with Gasteiger partial charge in [-0.25, -0.2) is 15.0 Å². The van der Waals surface area contributed by atoms with Crippen molar-refractivity contribution in [3.63, 3.8) is 0 Å². The van der Waals surface area contributed by atoms with E-state index in [-0.39, 0.29) is 12.0 Å². The Hall–Kier alpha value is -2.55. The van der Waals surface area contributed by atoms with Crippen LogP contribution in [0.4, 0.5) is 5.82 Å². The molecule has 136 valence electrons. The van der Waals surface area contributed by atoms with Gasteiger partial charge in [-0.15, -0.1) is 0 Å². The minimum atomic E-state index is -0.882. The van der Waals surface area contributed by atoms with Gasteiger partial charge in [0, 0.05) is 13.1 Å². The van der Waals surface area contributed by atoms with Gasteiger partial charge in [-0.3, -0.25) is 0 Å². The van der Waals surface area contributed by atoms with Crippen molar-refractivity contribution in [3.05, 3.63) is 48.5 Å². The van der Waals surface area contributed by atoms with E-state index in [4.69, 9.17) is 5.73 Å². The molecule has 2 aromatic heterocycles. The Morgan fingerprint density at radius 2 is 1.96 bits per heavy atom. The standard InChI is InChI=1S/C18H22N6O2/c19-17-14-18(22-9-21-17)24(10-23-14)15-12(6-13(25)16(15)26)8-20-7-11-4-2-1-3-5-11/h1-5,9-10,12-13,15-16,20,25-26H,6-8H2,(H2,19,21,22)/t12-,13-,15-,16-/m0/s1. The van der Waals surface area contributed by atoms with Crippen LogP contribution in [-0.2, 0) is 6.54 Å². The van der Waals surface area contributed by atoms with Gasteiger partial charge >= 0.3 is 0 Å². The average molecular weight is 354 g/mol. The number of aliphatic hydroxyl groups is 2. The van der Waals surface area contributed by atoms with Crippen molar-refractivity contribution in [1.82, 2.24) is 24.8 Å². The minimum Gasteiger partial charge on any atom is -0.390 e. The molecule has 0 unspecified atom stereocenters. The number of nitrogens with one attached hydrogen (secondary N) is 1. The van der Waals surface area contributed by atoms with Gasteiger partial charge in [0.05, 0.1) is 18.5 Å². The van der Waals surface area contributed by atoms with Crippen molar-refractivity contribution >= 4 is 17.0 Å². The van der Waals surface area contributed by atoms with Crippen LogP contribution in [0.1, 0.15) is 18.0 Å². The lowest BCUT2D eigenvalue weighted by atomic mass is 10.0. The molecule has 0 aliphatic heterocycles. The lowest BCUT2D eigenvalue weighted by molar-refractivity contribution is 0.0230. The summed E-state index contributed by atoms with van der Waals surface area (Å²) in [5, 5.41) is 24.2. The summed E-state index contributed by atoms with van der Waals surface area (Å²) in [7, 11) is 0. The highest BCUT2D eigenvalue weighted by Crippen LogP contribution is 2.37. The van der Waals surface area contributed by atoms with Crippen molar-refractivity contribution in [1.29, 1.82) is 0 Å². The summed E-state index contributed by atoms with van der Waals surface area (Å²) in [5.41, 5.74) is 8.13. The normalized spacial score (nSPS) is 25.8. The zero-order chi connectivity index (χ0) is 18.1. The Balaban J connectivity index is 1.55. The number of hydrogen-bond acceptors (Lipinski definition) is 7. The molecule has 2 heterocycles. The van der Waals surface area contributed by atoms with E-state index < -0.39 is 12.2 Å². The smallest absolute Gasteiger partial charge is 0.165 e. The van der Waals surface area contributed by atoms with Crippen molar-refractivity contribution in [2.45, 2.75) is 31.2 Å². The summed E-state index contributed by atoms with van der Waals surface area (Å²) in [5.74, 6) is 0.345. The SMILES string of the molecule is Nc1ncnc2c1ncn2[C@H]1[C@H](CNCc2ccccc2)C[C@H](O)[C@@H]1O. The highest BCUT2D eigenvalue weighted by molar-refractivity contribution is 5.81. The maximum absolute atomic E-state index is 10.5. The fraction of sp³-hybridized carbons (Fsp3) is 0.389. The molecule has 0 saturated heterocycles. The first-order chi connectivity index (χ1) is 12.6. The number of nitrogens with zero attached hydrogens (tertiary/aromatic N) is 4. The van der Waals surface area contributed by atoms with E-state index in [0.717, 1.165) is 6.54 Å². The van der Waals surface area contributed by atoms with Gasteiger partial charge in [0.2, 0.25) is 0 Å². The topological polar surface area (TPSA) is 122 Å². The Labute approximate surface area is 150 Å². The molecule has 3 aromatic rings. The lowest BCUT2D eigenvalue weighted by Gasteiger charge is -2.24. The Morgan fingerprint density at radius 3 is 2.77 bits per heavy atom. The van der Waals surface area contributed by atoms with Gasteiger partial charge < -0.3 is 25.8 Å². The summed E-state index contributed by atoms with van der Waals surface area (Å²) in [6, 6.07) is 9.79. The third kappa shape index (κ3) is 3.03. The molecule has 1 aliphatic rings. The molecular formula is C18H22N6O2. The van der Waals surface area contributed by atoms with E-state index in [0.29, 0.717) is 29.9 Å². The lowest BCUT2D eigenvalue weighted by Crippen LogP contribution is -2.32. The zero-order valence-electron chi connectivity index (χ0n) is 14.2. The zero-order valence-corrected chi connectivity index (χ0v) is 14.2. The Morgan fingerprint density at radius 1 is 1.15 bits per heavy atom. The summed E-state index contributed by atoms with van der Waals surface area (Å²) in [6.07, 6.45) is 1.85. The summed E-state index contributed by atoms with van der Waals surface area (Å²) in [6.45, 7) is 1.39. The van der Waals surface area contributed by atoms with Crippen molar-refractivity contribution < 1.29 is 10.2 Å². The fourth-order valence-electron chi connectivity index (χ4n) is 3.78. The molecule has 0 radical (unpaired) electrons. The molecule has 1 aliphatic carbocycles. The number of aromatic nitrogens is 4. The first-order valence-corrected chi connectivity index (χ1v) is 8.69. The number of aliphatic hydroxyl groups excluding tert-OH is 2. The van der Waals surface area contributed by atoms with E-state index in [1.165, 1.54) is 11.9 Å². The average Bonchev–Trinajstić information content (AvgIpc) is 3.18. The quantitative estimate of drug-likeness (QED) is 0.526. The molecule has 4 atom stereocenters. The molecule has 1 aromatic carbocycles. The number of fused-ring (bicyclic) bond motifs is 1. The van der Waals surface area contributed by atoms with Gasteiger partial charge in [-0.05, 0) is 17.9 Å². The number of benzene rings is 1. The molecule has 1 saturated carbocycles. The van der Waals surface area contributed by atoms with E-state index in [1.54, 1.807) is 6.33 Å². The largest absolute Gasteiger partial charge is 0.390 e. The number of hydrogen-bond donors (Lipinski definition) is 4. The van der Waals surface area contributed by atoms with Crippen LogP contribution in [0, 0.1) is 5.92 Å². The van der Waals surface area contributed by atoms with Crippen LogP contribution in [0.15, 0.2) is 43.0 Å². The summed E-state index contributed by atoms with van der Waals surface area (Å²) in [4.78, 5) is 12.5. The second-order valence-electron chi connectivity index (χ2n) is 6.74. The predicted octanol–water partition coefficient (Wildman–Crippen LogP) is 0.481. The van der Waals surface area contributed by atoms with Gasteiger partial charge in [0.15, 0.2) is 11.5 Å². The van der Waals surface area contributed by atoms with Crippen LogP contribution in [0.25, 0.3) is 11.2 Å². The first-order valence-electron chi connectivity index (χ1n) is 8.69. The van der Waals surface area contributed by atoms with Crippen LogP contribution in [0.5, 0.6) is 0 Å². The highest BCUT2D eigenvalue weighted by Gasteiger charge is 2.43. The van der Waals surface area contributed by atoms with E-state index in [1.807, 2.05) is 22.8 Å². The van der Waals surface area contributed by atoms with E-state index >= 15 is 0 Å². The van der Waals surface area contributed by atoms with Crippen LogP contribution in [-0.4, -0.2) is 48.5 Å². The molecule has 0 amide bonds. The summed E-state index contributed by atoms with van der Waals surface area (Å²) < 4.78 is 1.81. The Kier molecular flexibility index (Phi) is 4.54. The molecule has 0 spiro atoms. The van der Waals surface area contributed by atoms with Crippen LogP contribution in [0.3, 0.4) is 0 Å². The number of nitrogens with two attached hydrogens (primary N) is 1. The van der Waals surface area contributed by atoms with Gasteiger partial charge in [0.1, 0.15) is 17.9 Å². The molecule has 5 N–H and O–H groups in total. The van der Waals surface area contributed by atoms with Gasteiger partial charge in [-0.2, -0.15) is 0 Å². The Bertz CT molecular complexity index is 884. The molecule has 0 bridgehead atoms. The second kappa shape index (κ2) is 6.99. The number of imidazole rings is 1. The summed E-state index contributed by atoms with van der Waals surface area (Å²) >= 11 is 0. The van der Waals surface area contributed by atoms with Crippen molar-refractivity contribution in [2.75, 3.05) is 12.3 Å². The fourth-order valence-corrected chi connectivity index (χ4v) is 3.78. The third-order valence-corrected chi connectivity index (χ3v) is 5.06. The van der Waals surface area contributed by atoms with E-state index in [9.17, 15) is 10.2 Å². The minimum absolute atomic E-state index is 0.0392. The van der Waals surface area contributed by atoms with Crippen LogP contribution < -0.4 is 11.1 Å². The van der Waals surface area contributed by atoms with Crippen molar-refractivity contribution in [3.8, 4) is 0 Å². The van der Waals surface area contributed by atoms with Crippen LogP contribution >= 0.6 is 0 Å². The van der Waals surface area contributed by atoms with E-state index in [2.05, 4.69) is 32.4 Å². The van der Waals surface area contributed by atoms with Gasteiger partial charge in [0.25, 0.3) is 0 Å². The maximum Gasteiger partial charge on any atom is 0.165 e. The van der Waals surface area contributed by atoms with Crippen LogP contribution in [0.2, 0.25) is 0 Å².